The Balaban J connectivity index is 1.34. The molecule has 0 fully saturated rings. The van der Waals surface area contributed by atoms with Crippen molar-refractivity contribution in [1.29, 1.82) is 0 Å². The smallest absolute Gasteiger partial charge is 0.262 e. The maximum Gasteiger partial charge on any atom is 0.262 e. The van der Waals surface area contributed by atoms with Crippen molar-refractivity contribution in [2.45, 2.75) is 39.2 Å². The zero-order valence-electron chi connectivity index (χ0n) is 16.2. The van der Waals surface area contributed by atoms with Crippen molar-refractivity contribution in [2.24, 2.45) is 5.92 Å². The lowest BCUT2D eigenvalue weighted by atomic mass is 9.89. The minimum atomic E-state index is -0.257. The van der Waals surface area contributed by atoms with Crippen molar-refractivity contribution in [1.82, 2.24) is 14.5 Å². The van der Waals surface area contributed by atoms with Gasteiger partial charge < -0.3 is 0 Å². The van der Waals surface area contributed by atoms with Crippen LogP contribution in [0.2, 0.25) is 0 Å². The molecule has 0 spiro atoms. The lowest BCUT2D eigenvalue weighted by Gasteiger charge is -2.17. The second-order valence-electron chi connectivity index (χ2n) is 7.94. The fourth-order valence-corrected chi connectivity index (χ4v) is 5.71. The number of nitrogens with zero attached hydrogens (tertiary/aromatic N) is 3. The van der Waals surface area contributed by atoms with E-state index in [4.69, 9.17) is 0 Å². The maximum atomic E-state index is 13.1. The highest BCUT2D eigenvalue weighted by atomic mass is 32.1. The molecule has 5 rings (SSSR count). The average Bonchev–Trinajstić information content (AvgIpc) is 3.20. The molecule has 2 aliphatic rings. The van der Waals surface area contributed by atoms with E-state index >= 15 is 0 Å². The van der Waals surface area contributed by atoms with Crippen molar-refractivity contribution in [3.63, 3.8) is 0 Å². The highest BCUT2D eigenvalue weighted by molar-refractivity contribution is 7.18. The normalized spacial score (nSPS) is 18.4. The Morgan fingerprint density at radius 1 is 1.10 bits per heavy atom. The number of hydrogen-bond acceptors (Lipinski definition) is 5. The van der Waals surface area contributed by atoms with Gasteiger partial charge in [-0.2, -0.15) is 0 Å². The van der Waals surface area contributed by atoms with Crippen LogP contribution in [-0.2, 0) is 19.4 Å². The average molecular weight is 407 g/mol. The number of benzene rings is 1. The fraction of sp³-hybridized carbons (Fsp3) is 0.364. The summed E-state index contributed by atoms with van der Waals surface area (Å²) >= 11 is 1.64. The monoisotopic (exact) mass is 407 g/mol. The minimum Gasteiger partial charge on any atom is -0.299 e. The first-order chi connectivity index (χ1) is 14.0. The molecule has 3 heterocycles. The van der Waals surface area contributed by atoms with Crippen molar-refractivity contribution in [2.75, 3.05) is 6.54 Å². The van der Waals surface area contributed by atoms with Gasteiger partial charge >= 0.3 is 0 Å². The van der Waals surface area contributed by atoms with Crippen molar-refractivity contribution < 1.29 is 9.59 Å². The molecular weight excluding hydrogens is 386 g/mol. The van der Waals surface area contributed by atoms with E-state index in [0.717, 1.165) is 29.5 Å². The Hall–Kier alpha value is -2.80. The minimum absolute atomic E-state index is 0.00980. The van der Waals surface area contributed by atoms with Crippen LogP contribution < -0.4 is 5.56 Å². The van der Waals surface area contributed by atoms with Crippen LogP contribution >= 0.6 is 11.3 Å². The van der Waals surface area contributed by atoms with E-state index in [2.05, 4.69) is 11.9 Å². The first kappa shape index (κ1) is 18.2. The summed E-state index contributed by atoms with van der Waals surface area (Å²) in [6, 6.07) is 6.88. The predicted molar refractivity (Wildman–Crippen MR) is 111 cm³/mol. The molecule has 1 aliphatic heterocycles. The summed E-state index contributed by atoms with van der Waals surface area (Å²) in [5.74, 6) is 0.137. The van der Waals surface area contributed by atoms with Crippen LogP contribution in [0.25, 0.3) is 10.2 Å². The molecule has 0 saturated carbocycles. The summed E-state index contributed by atoms with van der Waals surface area (Å²) in [4.78, 5) is 45.9. The van der Waals surface area contributed by atoms with Crippen LogP contribution in [0.15, 0.2) is 35.4 Å². The molecular formula is C22H21N3O3S. The quantitative estimate of drug-likeness (QED) is 0.623. The zero-order valence-corrected chi connectivity index (χ0v) is 17.0. The van der Waals surface area contributed by atoms with Crippen LogP contribution in [-0.4, -0.2) is 32.8 Å². The van der Waals surface area contributed by atoms with Crippen molar-refractivity contribution in [3.05, 3.63) is 62.5 Å². The largest absolute Gasteiger partial charge is 0.299 e. The van der Waals surface area contributed by atoms with E-state index in [1.165, 1.54) is 15.3 Å². The highest BCUT2D eigenvalue weighted by Crippen LogP contribution is 2.35. The van der Waals surface area contributed by atoms with Gasteiger partial charge in [0, 0.05) is 18.0 Å². The summed E-state index contributed by atoms with van der Waals surface area (Å²) in [7, 11) is 0. The summed E-state index contributed by atoms with van der Waals surface area (Å²) < 4.78 is 1.62. The van der Waals surface area contributed by atoms with Gasteiger partial charge in [-0.25, -0.2) is 4.98 Å². The molecule has 2 amide bonds. The Morgan fingerprint density at radius 3 is 2.55 bits per heavy atom. The molecule has 0 N–H and O–H groups in total. The van der Waals surface area contributed by atoms with Crippen LogP contribution in [0.4, 0.5) is 0 Å². The zero-order chi connectivity index (χ0) is 20.1. The van der Waals surface area contributed by atoms with Gasteiger partial charge in [-0.1, -0.05) is 19.1 Å². The number of aryl methyl sites for hydroxylation is 2. The molecule has 2 aromatic heterocycles. The maximum absolute atomic E-state index is 13.1. The Kier molecular flexibility index (Phi) is 4.35. The molecule has 6 nitrogen and oxygen atoms in total. The second kappa shape index (κ2) is 6.91. The SMILES string of the molecule is C[C@H]1CCc2c(sc3ncn(CCCN4C(=O)c5ccccc5C4=O)c(=O)c23)C1. The standard InChI is InChI=1S/C22H21N3O3S/c1-13-7-8-16-17(11-13)29-19-18(16)22(28)24(12-23-19)9-4-10-25-20(26)14-5-2-3-6-15(14)21(25)27/h2-3,5-6,12-13H,4,7-11H2,1H3/t13-/m0/s1. The number of hydrogen-bond donors (Lipinski definition) is 0. The van der Waals surface area contributed by atoms with Crippen LogP contribution in [0.1, 0.15) is 50.9 Å². The molecule has 0 bridgehead atoms. The van der Waals surface area contributed by atoms with Crippen LogP contribution in [0.3, 0.4) is 0 Å². The molecule has 0 unspecified atom stereocenters. The van der Waals surface area contributed by atoms with E-state index in [0.29, 0.717) is 30.0 Å². The third-order valence-corrected chi connectivity index (χ3v) is 7.10. The van der Waals surface area contributed by atoms with E-state index < -0.39 is 0 Å². The molecule has 0 radical (unpaired) electrons. The second-order valence-corrected chi connectivity index (χ2v) is 9.02. The Morgan fingerprint density at radius 2 is 1.83 bits per heavy atom. The lowest BCUT2D eigenvalue weighted by molar-refractivity contribution is 0.0650. The van der Waals surface area contributed by atoms with E-state index in [1.807, 2.05) is 0 Å². The Labute approximate surface area is 171 Å². The van der Waals surface area contributed by atoms with Gasteiger partial charge in [-0.05, 0) is 49.3 Å². The molecule has 1 aliphatic carbocycles. The van der Waals surface area contributed by atoms with Crippen molar-refractivity contribution >= 4 is 33.4 Å². The molecule has 0 saturated heterocycles. The van der Waals surface area contributed by atoms with E-state index in [9.17, 15) is 14.4 Å². The van der Waals surface area contributed by atoms with Gasteiger partial charge in [0.2, 0.25) is 0 Å². The van der Waals surface area contributed by atoms with Crippen molar-refractivity contribution in [3.8, 4) is 0 Å². The molecule has 3 aromatic rings. The van der Waals surface area contributed by atoms with Crippen LogP contribution in [0.5, 0.6) is 0 Å². The summed E-state index contributed by atoms with van der Waals surface area (Å²) in [6.07, 6.45) is 5.18. The summed E-state index contributed by atoms with van der Waals surface area (Å²) in [5.41, 5.74) is 2.08. The molecule has 29 heavy (non-hydrogen) atoms. The topological polar surface area (TPSA) is 72.3 Å². The van der Waals surface area contributed by atoms with Gasteiger partial charge in [0.05, 0.1) is 22.8 Å². The van der Waals surface area contributed by atoms with Crippen LogP contribution in [0, 0.1) is 5.92 Å². The number of fused-ring (bicyclic) bond motifs is 4. The number of aromatic nitrogens is 2. The third-order valence-electron chi connectivity index (χ3n) is 5.94. The van der Waals surface area contributed by atoms with Gasteiger partial charge in [0.1, 0.15) is 4.83 Å². The summed E-state index contributed by atoms with van der Waals surface area (Å²) in [6.45, 7) is 2.96. The molecule has 148 valence electrons. The lowest BCUT2D eigenvalue weighted by Crippen LogP contribution is -2.32. The number of carbonyl (C=O) groups is 2. The first-order valence-electron chi connectivity index (χ1n) is 9.99. The number of carbonyl (C=O) groups excluding carboxylic acids is 2. The Bertz CT molecular complexity index is 1170. The van der Waals surface area contributed by atoms with Gasteiger partial charge in [0.25, 0.3) is 17.4 Å². The first-order valence-corrected chi connectivity index (χ1v) is 10.8. The van der Waals surface area contributed by atoms with Gasteiger partial charge in [-0.15, -0.1) is 11.3 Å². The fourth-order valence-electron chi connectivity index (χ4n) is 4.37. The van der Waals surface area contributed by atoms with Gasteiger partial charge in [-0.3, -0.25) is 23.9 Å². The third kappa shape index (κ3) is 2.92. The number of amides is 2. The van der Waals surface area contributed by atoms with E-state index in [1.54, 1.807) is 46.5 Å². The van der Waals surface area contributed by atoms with Gasteiger partial charge in [0.15, 0.2) is 0 Å². The van der Waals surface area contributed by atoms with E-state index in [-0.39, 0.29) is 23.9 Å². The number of rotatable bonds is 4. The molecule has 1 atom stereocenters. The highest BCUT2D eigenvalue weighted by Gasteiger charge is 2.34. The molecule has 7 heteroatoms. The predicted octanol–water partition coefficient (Wildman–Crippen LogP) is 3.27. The molecule has 1 aromatic carbocycles. The number of thiophene rings is 1. The summed E-state index contributed by atoms with van der Waals surface area (Å²) in [5, 5.41) is 0.764. The number of imide groups is 1.